The molecule has 3 aliphatic carbocycles. The second-order valence-corrected chi connectivity index (χ2v) is 6.90. The van der Waals surface area contributed by atoms with Gasteiger partial charge in [0.1, 0.15) is 11.6 Å². The van der Waals surface area contributed by atoms with Crippen molar-refractivity contribution in [2.45, 2.75) is 51.0 Å². The maximum Gasteiger partial charge on any atom is 0.142 e. The molecule has 5 atom stereocenters. The van der Waals surface area contributed by atoms with Gasteiger partial charge in [0.2, 0.25) is 0 Å². The summed E-state index contributed by atoms with van der Waals surface area (Å²) in [4.78, 5) is 27.8. The normalized spacial score (nSPS) is 43.0. The summed E-state index contributed by atoms with van der Waals surface area (Å²) < 4.78 is 0. The first-order valence-electron chi connectivity index (χ1n) is 7.85. The van der Waals surface area contributed by atoms with E-state index in [1.165, 1.54) is 0 Å². The van der Waals surface area contributed by atoms with Gasteiger partial charge in [0.15, 0.2) is 0 Å². The monoisotopic (exact) mass is 263 g/mol. The van der Waals surface area contributed by atoms with Crippen molar-refractivity contribution in [3.05, 3.63) is 0 Å². The molecule has 0 radical (unpaired) electrons. The molecule has 3 fully saturated rings. The third kappa shape index (κ3) is 2.06. The fourth-order valence-corrected chi connectivity index (χ4v) is 4.79. The molecule has 0 saturated heterocycles. The Labute approximate surface area is 115 Å². The van der Waals surface area contributed by atoms with Gasteiger partial charge in [-0.05, 0) is 39.8 Å². The first-order valence-corrected chi connectivity index (χ1v) is 7.85. The van der Waals surface area contributed by atoms with E-state index in [1.807, 2.05) is 0 Å². The molecule has 0 spiro atoms. The third-order valence-electron chi connectivity index (χ3n) is 5.72. The summed E-state index contributed by atoms with van der Waals surface area (Å²) in [6.07, 6.45) is 7.30. The van der Waals surface area contributed by atoms with Crippen LogP contribution in [0.2, 0.25) is 0 Å². The van der Waals surface area contributed by atoms with Crippen LogP contribution in [0.5, 0.6) is 0 Å². The highest BCUT2D eigenvalue weighted by atomic mass is 16.1. The van der Waals surface area contributed by atoms with Crippen LogP contribution in [0.25, 0.3) is 0 Å². The Morgan fingerprint density at radius 3 is 2.00 bits per heavy atom. The van der Waals surface area contributed by atoms with Gasteiger partial charge in [-0.15, -0.1) is 0 Å². The van der Waals surface area contributed by atoms with Crippen LogP contribution in [0, 0.1) is 23.7 Å². The van der Waals surface area contributed by atoms with Gasteiger partial charge in [0.25, 0.3) is 0 Å². The predicted molar refractivity (Wildman–Crippen MR) is 73.8 cm³/mol. The lowest BCUT2D eigenvalue weighted by Crippen LogP contribution is -2.56. The Bertz CT molecular complexity index is 390. The van der Waals surface area contributed by atoms with Crippen molar-refractivity contribution < 1.29 is 9.59 Å². The van der Waals surface area contributed by atoms with Crippen molar-refractivity contribution in [3.8, 4) is 0 Å². The van der Waals surface area contributed by atoms with Gasteiger partial charge in [-0.3, -0.25) is 9.59 Å². The van der Waals surface area contributed by atoms with Crippen molar-refractivity contribution in [1.29, 1.82) is 0 Å². The topological polar surface area (TPSA) is 37.4 Å². The molecule has 0 aromatic carbocycles. The first kappa shape index (κ1) is 13.3. The standard InChI is InChI=1S/C16H25NO2/c1-17(2)13-9-5-8-12-14(13)16(19)11-7-4-3-6-10(11)15(12)18/h10-14H,3-9H2,1-2H3. The van der Waals surface area contributed by atoms with Crippen LogP contribution >= 0.6 is 0 Å². The molecule has 0 aliphatic heterocycles. The average molecular weight is 263 g/mol. The summed E-state index contributed by atoms with van der Waals surface area (Å²) in [5, 5.41) is 0. The molecule has 19 heavy (non-hydrogen) atoms. The Morgan fingerprint density at radius 1 is 0.789 bits per heavy atom. The Hall–Kier alpha value is -0.700. The lowest BCUT2D eigenvalue weighted by atomic mass is 9.57. The molecule has 0 bridgehead atoms. The first-order chi connectivity index (χ1) is 9.11. The second-order valence-electron chi connectivity index (χ2n) is 6.90. The minimum absolute atomic E-state index is 0.00407. The molecule has 106 valence electrons. The van der Waals surface area contributed by atoms with Crippen molar-refractivity contribution in [1.82, 2.24) is 4.90 Å². The lowest BCUT2D eigenvalue weighted by Gasteiger charge is -2.48. The number of carbonyl (C=O) groups is 2. The van der Waals surface area contributed by atoms with E-state index >= 15 is 0 Å². The minimum atomic E-state index is -0.00407. The molecule has 0 aromatic rings. The summed E-state index contributed by atoms with van der Waals surface area (Å²) >= 11 is 0. The Kier molecular flexibility index (Phi) is 3.50. The number of hydrogen-bond donors (Lipinski definition) is 0. The van der Waals surface area contributed by atoms with Gasteiger partial charge < -0.3 is 4.90 Å². The molecule has 3 saturated carbocycles. The van der Waals surface area contributed by atoms with Crippen LogP contribution in [-0.4, -0.2) is 36.6 Å². The lowest BCUT2D eigenvalue weighted by molar-refractivity contribution is -0.154. The highest BCUT2D eigenvalue weighted by Crippen LogP contribution is 2.46. The van der Waals surface area contributed by atoms with Gasteiger partial charge in [0.05, 0.1) is 0 Å². The number of Topliss-reactive ketones (excluding diaryl/α,β-unsaturated/α-hetero) is 2. The van der Waals surface area contributed by atoms with E-state index in [2.05, 4.69) is 19.0 Å². The van der Waals surface area contributed by atoms with Crippen LogP contribution in [0.3, 0.4) is 0 Å². The van der Waals surface area contributed by atoms with Crippen LogP contribution in [-0.2, 0) is 9.59 Å². The summed E-state index contributed by atoms with van der Waals surface area (Å²) in [5.74, 6) is 1.02. The minimum Gasteiger partial charge on any atom is -0.306 e. The van der Waals surface area contributed by atoms with Crippen LogP contribution in [0.4, 0.5) is 0 Å². The number of fused-ring (bicyclic) bond motifs is 2. The van der Waals surface area contributed by atoms with Crippen LogP contribution in [0.1, 0.15) is 44.9 Å². The van der Waals surface area contributed by atoms with E-state index in [9.17, 15) is 9.59 Å². The van der Waals surface area contributed by atoms with E-state index in [-0.39, 0.29) is 29.7 Å². The molecule has 0 aromatic heterocycles. The molecule has 5 unspecified atom stereocenters. The van der Waals surface area contributed by atoms with Gasteiger partial charge in [-0.1, -0.05) is 19.3 Å². The van der Waals surface area contributed by atoms with Gasteiger partial charge in [0, 0.05) is 29.7 Å². The van der Waals surface area contributed by atoms with Crippen molar-refractivity contribution >= 4 is 11.6 Å². The summed E-state index contributed by atoms with van der Waals surface area (Å²) in [6, 6.07) is 0.290. The third-order valence-corrected chi connectivity index (χ3v) is 5.72. The summed E-state index contributed by atoms with van der Waals surface area (Å²) in [6.45, 7) is 0. The van der Waals surface area contributed by atoms with Crippen molar-refractivity contribution in [2.75, 3.05) is 14.1 Å². The fourth-order valence-electron chi connectivity index (χ4n) is 4.79. The number of carbonyl (C=O) groups excluding carboxylic acids is 2. The highest BCUT2D eigenvalue weighted by molar-refractivity contribution is 6.00. The zero-order valence-corrected chi connectivity index (χ0v) is 12.1. The summed E-state index contributed by atoms with van der Waals surface area (Å²) in [5.41, 5.74) is 0. The van der Waals surface area contributed by atoms with Gasteiger partial charge in [-0.2, -0.15) is 0 Å². The number of ketones is 2. The maximum absolute atomic E-state index is 12.9. The van der Waals surface area contributed by atoms with Gasteiger partial charge >= 0.3 is 0 Å². The zero-order chi connectivity index (χ0) is 13.6. The number of rotatable bonds is 1. The van der Waals surface area contributed by atoms with E-state index < -0.39 is 0 Å². The maximum atomic E-state index is 12.9. The Balaban J connectivity index is 1.92. The molecule has 3 rings (SSSR count). The Morgan fingerprint density at radius 2 is 1.37 bits per heavy atom. The van der Waals surface area contributed by atoms with E-state index in [4.69, 9.17) is 0 Å². The second kappa shape index (κ2) is 5.01. The van der Waals surface area contributed by atoms with Crippen molar-refractivity contribution in [2.24, 2.45) is 23.7 Å². The van der Waals surface area contributed by atoms with E-state index in [0.29, 0.717) is 11.6 Å². The predicted octanol–water partition coefficient (Wildman–Crippen LogP) is 2.29. The van der Waals surface area contributed by atoms with Gasteiger partial charge in [-0.25, -0.2) is 0 Å². The smallest absolute Gasteiger partial charge is 0.142 e. The van der Waals surface area contributed by atoms with Crippen molar-refractivity contribution in [3.63, 3.8) is 0 Å². The van der Waals surface area contributed by atoms with Crippen LogP contribution in [0.15, 0.2) is 0 Å². The molecule has 3 aliphatic rings. The van der Waals surface area contributed by atoms with Crippen LogP contribution < -0.4 is 0 Å². The molecule has 0 N–H and O–H groups in total. The molecule has 3 nitrogen and oxygen atoms in total. The molecule has 0 amide bonds. The largest absolute Gasteiger partial charge is 0.306 e. The molecule has 3 heteroatoms. The van der Waals surface area contributed by atoms with E-state index in [1.54, 1.807) is 0 Å². The fraction of sp³-hybridized carbons (Fsp3) is 0.875. The summed E-state index contributed by atoms with van der Waals surface area (Å²) in [7, 11) is 4.11. The molecule has 0 heterocycles. The number of nitrogens with zero attached hydrogens (tertiary/aromatic N) is 1. The molecular formula is C16H25NO2. The average Bonchev–Trinajstić information content (AvgIpc) is 2.44. The SMILES string of the molecule is CN(C)C1CCCC2C(=O)C3CCCCC3C(=O)C21. The molecular weight excluding hydrogens is 238 g/mol. The number of hydrogen-bond acceptors (Lipinski definition) is 3. The zero-order valence-electron chi connectivity index (χ0n) is 12.1. The quantitative estimate of drug-likeness (QED) is 0.728. The van der Waals surface area contributed by atoms with E-state index in [0.717, 1.165) is 44.9 Å². The highest BCUT2D eigenvalue weighted by Gasteiger charge is 2.53.